The average Bonchev–Trinajstić information content (AvgIpc) is 3.40. The van der Waals surface area contributed by atoms with Crippen LogP contribution in [0.2, 0.25) is 0 Å². The van der Waals surface area contributed by atoms with Crippen molar-refractivity contribution in [3.63, 3.8) is 0 Å². The minimum absolute atomic E-state index is 0.269. The SMILES string of the molecule is O=C(O)c1cnn(-c2nccc(-c3ccccc3OC(c3ccccc3)c3ccccc3)n2)c1C(F)(F)F. The van der Waals surface area contributed by atoms with Crippen molar-refractivity contribution in [1.82, 2.24) is 19.7 Å². The molecule has 0 unspecified atom stereocenters. The predicted molar refractivity (Wildman–Crippen MR) is 132 cm³/mol. The highest BCUT2D eigenvalue weighted by molar-refractivity contribution is 5.89. The molecule has 5 aromatic rings. The summed E-state index contributed by atoms with van der Waals surface area (Å²) in [5.41, 5.74) is 0.121. The van der Waals surface area contributed by atoms with Gasteiger partial charge in [0.2, 0.25) is 0 Å². The summed E-state index contributed by atoms with van der Waals surface area (Å²) in [6.45, 7) is 0. The first-order chi connectivity index (χ1) is 18.3. The maximum atomic E-state index is 13.7. The Hall–Kier alpha value is -4.99. The van der Waals surface area contributed by atoms with Gasteiger partial charge in [-0.15, -0.1) is 0 Å². The first-order valence-electron chi connectivity index (χ1n) is 11.4. The molecule has 38 heavy (non-hydrogen) atoms. The van der Waals surface area contributed by atoms with Crippen molar-refractivity contribution in [2.24, 2.45) is 0 Å². The fourth-order valence-electron chi connectivity index (χ4n) is 4.02. The number of alkyl halides is 3. The standard InChI is InChI=1S/C28H19F3N4O3/c29-28(30,31)25-21(26(36)37)17-33-35(25)27-32-16-15-22(34-27)20-13-7-8-14-23(20)38-24(18-9-3-1-4-10-18)19-11-5-2-6-12-19/h1-17,24H,(H,36,37). The lowest BCUT2D eigenvalue weighted by molar-refractivity contribution is -0.143. The van der Waals surface area contributed by atoms with E-state index < -0.39 is 35.5 Å². The minimum atomic E-state index is -5.00. The lowest BCUT2D eigenvalue weighted by atomic mass is 10.0. The number of para-hydroxylation sites is 1. The van der Waals surface area contributed by atoms with E-state index in [0.717, 1.165) is 11.1 Å². The highest BCUT2D eigenvalue weighted by Crippen LogP contribution is 2.36. The normalized spacial score (nSPS) is 11.5. The molecule has 0 saturated carbocycles. The Labute approximate surface area is 214 Å². The van der Waals surface area contributed by atoms with E-state index >= 15 is 0 Å². The van der Waals surface area contributed by atoms with E-state index in [1.54, 1.807) is 24.3 Å². The molecule has 2 heterocycles. The second-order valence-electron chi connectivity index (χ2n) is 8.18. The van der Waals surface area contributed by atoms with Crippen molar-refractivity contribution >= 4 is 5.97 Å². The van der Waals surface area contributed by atoms with E-state index in [-0.39, 0.29) is 5.69 Å². The van der Waals surface area contributed by atoms with Crippen LogP contribution in [0.15, 0.2) is 103 Å². The summed E-state index contributed by atoms with van der Waals surface area (Å²) < 4.78 is 48.1. The summed E-state index contributed by atoms with van der Waals surface area (Å²) in [5.74, 6) is -1.75. The molecule has 7 nitrogen and oxygen atoms in total. The van der Waals surface area contributed by atoms with Crippen LogP contribution in [-0.2, 0) is 6.18 Å². The van der Waals surface area contributed by atoms with Crippen LogP contribution >= 0.6 is 0 Å². The zero-order valence-electron chi connectivity index (χ0n) is 19.6. The van der Waals surface area contributed by atoms with Gasteiger partial charge in [0.15, 0.2) is 5.69 Å². The molecular weight excluding hydrogens is 497 g/mol. The van der Waals surface area contributed by atoms with Gasteiger partial charge in [-0.3, -0.25) is 0 Å². The number of hydrogen-bond donors (Lipinski definition) is 1. The predicted octanol–water partition coefficient (Wildman–Crippen LogP) is 6.21. The summed E-state index contributed by atoms with van der Waals surface area (Å²) in [7, 11) is 0. The Morgan fingerprint density at radius 2 is 1.47 bits per heavy atom. The lowest BCUT2D eigenvalue weighted by Crippen LogP contribution is -2.18. The quantitative estimate of drug-likeness (QED) is 0.276. The van der Waals surface area contributed by atoms with Crippen LogP contribution in [0.4, 0.5) is 13.2 Å². The van der Waals surface area contributed by atoms with E-state index in [1.807, 2.05) is 60.7 Å². The number of hydrogen-bond acceptors (Lipinski definition) is 5. The fraction of sp³-hybridized carbons (Fsp3) is 0.0714. The molecule has 0 atom stereocenters. The molecule has 0 aliphatic carbocycles. The fourth-order valence-corrected chi connectivity index (χ4v) is 4.02. The van der Waals surface area contributed by atoms with Crippen LogP contribution in [-0.4, -0.2) is 30.8 Å². The summed E-state index contributed by atoms with van der Waals surface area (Å²) in [4.78, 5) is 19.6. The number of ether oxygens (including phenoxy) is 1. The molecule has 190 valence electrons. The summed E-state index contributed by atoms with van der Waals surface area (Å²) in [6, 6.07) is 27.7. The van der Waals surface area contributed by atoms with E-state index in [4.69, 9.17) is 4.74 Å². The maximum absolute atomic E-state index is 13.7. The van der Waals surface area contributed by atoms with E-state index in [2.05, 4.69) is 15.1 Å². The van der Waals surface area contributed by atoms with Crippen molar-refractivity contribution in [3.8, 4) is 23.0 Å². The molecule has 0 amide bonds. The van der Waals surface area contributed by atoms with E-state index in [9.17, 15) is 23.1 Å². The molecule has 0 aliphatic rings. The first kappa shape index (κ1) is 24.7. The third-order valence-electron chi connectivity index (χ3n) is 5.71. The number of halogens is 3. The maximum Gasteiger partial charge on any atom is 0.434 e. The second-order valence-corrected chi connectivity index (χ2v) is 8.18. The number of carboxylic acid groups (broad SMARTS) is 1. The van der Waals surface area contributed by atoms with Gasteiger partial charge in [0, 0.05) is 11.8 Å². The molecule has 0 saturated heterocycles. The van der Waals surface area contributed by atoms with Gasteiger partial charge in [-0.2, -0.15) is 23.0 Å². The van der Waals surface area contributed by atoms with Crippen molar-refractivity contribution < 1.29 is 27.8 Å². The molecule has 10 heteroatoms. The topological polar surface area (TPSA) is 90.1 Å². The van der Waals surface area contributed by atoms with Crippen molar-refractivity contribution in [1.29, 1.82) is 0 Å². The first-order valence-corrected chi connectivity index (χ1v) is 11.4. The van der Waals surface area contributed by atoms with Gasteiger partial charge in [0.1, 0.15) is 17.4 Å². The van der Waals surface area contributed by atoms with Crippen molar-refractivity contribution in [3.05, 3.63) is 126 Å². The van der Waals surface area contributed by atoms with Gasteiger partial charge >= 0.3 is 12.1 Å². The van der Waals surface area contributed by atoms with Gasteiger partial charge in [0.25, 0.3) is 5.95 Å². The van der Waals surface area contributed by atoms with E-state index in [1.165, 1.54) is 12.3 Å². The zero-order chi connectivity index (χ0) is 26.7. The molecule has 2 aromatic heterocycles. The number of carboxylic acids is 1. The number of rotatable bonds is 7. The summed E-state index contributed by atoms with van der Waals surface area (Å²) in [5, 5.41) is 12.8. The third-order valence-corrected chi connectivity index (χ3v) is 5.71. The molecule has 0 fully saturated rings. The van der Waals surface area contributed by atoms with Gasteiger partial charge in [0.05, 0.1) is 11.9 Å². The Morgan fingerprint density at radius 3 is 2.08 bits per heavy atom. The minimum Gasteiger partial charge on any atom is -0.480 e. The molecular formula is C28H19F3N4O3. The number of aromatic carboxylic acids is 1. The molecule has 5 rings (SSSR count). The molecule has 0 aliphatic heterocycles. The highest BCUT2D eigenvalue weighted by atomic mass is 19.4. The molecule has 0 spiro atoms. The van der Waals surface area contributed by atoms with Crippen LogP contribution in [0.5, 0.6) is 5.75 Å². The largest absolute Gasteiger partial charge is 0.480 e. The van der Waals surface area contributed by atoms with Gasteiger partial charge in [-0.25, -0.2) is 14.8 Å². The highest BCUT2D eigenvalue weighted by Gasteiger charge is 2.41. The molecule has 3 aromatic carbocycles. The van der Waals surface area contributed by atoms with Gasteiger partial charge in [-0.1, -0.05) is 72.8 Å². The Morgan fingerprint density at radius 1 is 0.868 bits per heavy atom. The monoisotopic (exact) mass is 516 g/mol. The Balaban J connectivity index is 1.58. The summed E-state index contributed by atoms with van der Waals surface area (Å²) in [6.07, 6.45) is -3.56. The van der Waals surface area contributed by atoms with Crippen molar-refractivity contribution in [2.75, 3.05) is 0 Å². The Kier molecular flexibility index (Phi) is 6.61. The van der Waals surface area contributed by atoms with Gasteiger partial charge in [-0.05, 0) is 29.3 Å². The van der Waals surface area contributed by atoms with Crippen LogP contribution in [0.25, 0.3) is 17.2 Å². The number of aromatic nitrogens is 4. The van der Waals surface area contributed by atoms with Crippen LogP contribution < -0.4 is 4.74 Å². The number of carbonyl (C=O) groups is 1. The van der Waals surface area contributed by atoms with E-state index in [0.29, 0.717) is 22.2 Å². The third kappa shape index (κ3) is 4.96. The zero-order valence-corrected chi connectivity index (χ0v) is 19.6. The second kappa shape index (κ2) is 10.2. The lowest BCUT2D eigenvalue weighted by Gasteiger charge is -2.22. The number of benzene rings is 3. The Bertz CT molecular complexity index is 1530. The summed E-state index contributed by atoms with van der Waals surface area (Å²) >= 11 is 0. The molecule has 0 radical (unpaired) electrons. The average molecular weight is 516 g/mol. The van der Waals surface area contributed by atoms with Crippen LogP contribution in [0, 0.1) is 0 Å². The number of nitrogens with zero attached hydrogens (tertiary/aromatic N) is 4. The van der Waals surface area contributed by atoms with Crippen LogP contribution in [0.1, 0.15) is 33.3 Å². The molecule has 1 N–H and O–H groups in total. The smallest absolute Gasteiger partial charge is 0.434 e. The van der Waals surface area contributed by atoms with Gasteiger partial charge < -0.3 is 9.84 Å². The van der Waals surface area contributed by atoms with Crippen molar-refractivity contribution in [2.45, 2.75) is 12.3 Å². The molecule has 0 bridgehead atoms. The van der Waals surface area contributed by atoms with Crippen LogP contribution in [0.3, 0.4) is 0 Å².